The van der Waals surface area contributed by atoms with Crippen LogP contribution in [0.1, 0.15) is 49.7 Å². The van der Waals surface area contributed by atoms with E-state index in [1.807, 2.05) is 50.2 Å². The SMILES string of the molecule is CC(Sc1nnc(CC(C)c2ccccc2)o1)C(=O)NC(C)c1cccc2ccccc12. The topological polar surface area (TPSA) is 68.0 Å². The second kappa shape index (κ2) is 10.0. The maximum Gasteiger partial charge on any atom is 0.277 e. The third-order valence-corrected chi connectivity index (χ3v) is 6.53. The van der Waals surface area contributed by atoms with Gasteiger partial charge in [0.1, 0.15) is 0 Å². The Hall–Kier alpha value is -3.12. The second-order valence-electron chi connectivity index (χ2n) is 8.04. The summed E-state index contributed by atoms with van der Waals surface area (Å²) in [5.74, 6) is 0.796. The van der Waals surface area contributed by atoms with Crippen LogP contribution in [0.25, 0.3) is 10.8 Å². The van der Waals surface area contributed by atoms with Crippen LogP contribution in [-0.2, 0) is 11.2 Å². The van der Waals surface area contributed by atoms with Crippen LogP contribution >= 0.6 is 11.8 Å². The molecular formula is C26H27N3O2S. The van der Waals surface area contributed by atoms with E-state index in [4.69, 9.17) is 4.42 Å². The number of nitrogens with one attached hydrogen (secondary N) is 1. The van der Waals surface area contributed by atoms with E-state index >= 15 is 0 Å². The molecule has 1 aromatic heterocycles. The van der Waals surface area contributed by atoms with Crippen molar-refractivity contribution in [1.82, 2.24) is 15.5 Å². The molecule has 0 aliphatic rings. The van der Waals surface area contributed by atoms with Crippen LogP contribution in [-0.4, -0.2) is 21.4 Å². The molecule has 4 aromatic rings. The van der Waals surface area contributed by atoms with Gasteiger partial charge in [0.15, 0.2) is 0 Å². The molecular weight excluding hydrogens is 418 g/mol. The number of aromatic nitrogens is 2. The van der Waals surface area contributed by atoms with E-state index in [2.05, 4.69) is 58.8 Å². The molecule has 1 heterocycles. The van der Waals surface area contributed by atoms with Gasteiger partial charge in [0.25, 0.3) is 5.22 Å². The first kappa shape index (κ1) is 22.1. The van der Waals surface area contributed by atoms with Crippen LogP contribution in [0, 0.1) is 0 Å². The summed E-state index contributed by atoms with van der Waals surface area (Å²) in [6.45, 7) is 6.00. The van der Waals surface area contributed by atoms with Gasteiger partial charge in [-0.05, 0) is 41.7 Å². The fourth-order valence-corrected chi connectivity index (χ4v) is 4.48. The average molecular weight is 446 g/mol. The maximum absolute atomic E-state index is 12.8. The van der Waals surface area contributed by atoms with Gasteiger partial charge in [-0.3, -0.25) is 4.79 Å². The number of rotatable bonds is 8. The fourth-order valence-electron chi connectivity index (χ4n) is 3.77. The Morgan fingerprint density at radius 3 is 2.47 bits per heavy atom. The van der Waals surface area contributed by atoms with Crippen molar-refractivity contribution in [2.75, 3.05) is 0 Å². The lowest BCUT2D eigenvalue weighted by Gasteiger charge is -2.18. The smallest absolute Gasteiger partial charge is 0.277 e. The zero-order chi connectivity index (χ0) is 22.5. The largest absolute Gasteiger partial charge is 0.416 e. The molecule has 1 N–H and O–H groups in total. The highest BCUT2D eigenvalue weighted by Gasteiger charge is 2.21. The van der Waals surface area contributed by atoms with Crippen molar-refractivity contribution >= 4 is 28.4 Å². The van der Waals surface area contributed by atoms with Crippen molar-refractivity contribution in [3.8, 4) is 0 Å². The summed E-state index contributed by atoms with van der Waals surface area (Å²) in [6.07, 6.45) is 0.663. The van der Waals surface area contributed by atoms with Gasteiger partial charge >= 0.3 is 0 Å². The Morgan fingerprint density at radius 2 is 1.66 bits per heavy atom. The molecule has 0 aliphatic heterocycles. The Bertz CT molecular complexity index is 1190. The van der Waals surface area contributed by atoms with E-state index in [0.29, 0.717) is 17.5 Å². The zero-order valence-corrected chi connectivity index (χ0v) is 19.3. The Morgan fingerprint density at radius 1 is 0.938 bits per heavy atom. The van der Waals surface area contributed by atoms with Crippen molar-refractivity contribution in [3.63, 3.8) is 0 Å². The van der Waals surface area contributed by atoms with Gasteiger partial charge in [-0.2, -0.15) is 0 Å². The van der Waals surface area contributed by atoms with E-state index in [1.165, 1.54) is 17.3 Å². The molecule has 0 spiro atoms. The Kier molecular flexibility index (Phi) is 6.90. The number of carbonyl (C=O) groups is 1. The van der Waals surface area contributed by atoms with Crippen molar-refractivity contribution in [1.29, 1.82) is 0 Å². The lowest BCUT2D eigenvalue weighted by Crippen LogP contribution is -2.33. The van der Waals surface area contributed by atoms with E-state index in [0.717, 1.165) is 16.3 Å². The monoisotopic (exact) mass is 445 g/mol. The Labute approximate surface area is 192 Å². The molecule has 3 atom stereocenters. The normalized spacial score (nSPS) is 14.1. The molecule has 1 amide bonds. The lowest BCUT2D eigenvalue weighted by molar-refractivity contribution is -0.120. The molecule has 3 aromatic carbocycles. The molecule has 32 heavy (non-hydrogen) atoms. The van der Waals surface area contributed by atoms with Crippen molar-refractivity contribution < 1.29 is 9.21 Å². The quantitative estimate of drug-likeness (QED) is 0.341. The molecule has 0 aliphatic carbocycles. The number of carbonyl (C=O) groups excluding carboxylic acids is 1. The van der Waals surface area contributed by atoms with Crippen molar-refractivity contribution in [2.24, 2.45) is 0 Å². The van der Waals surface area contributed by atoms with Crippen LogP contribution in [0.3, 0.4) is 0 Å². The predicted molar refractivity (Wildman–Crippen MR) is 129 cm³/mol. The number of fused-ring (bicyclic) bond motifs is 1. The first-order valence-corrected chi connectivity index (χ1v) is 11.7. The van der Waals surface area contributed by atoms with Crippen molar-refractivity contribution in [3.05, 3.63) is 89.8 Å². The second-order valence-corrected chi connectivity index (χ2v) is 9.33. The number of benzene rings is 3. The van der Waals surface area contributed by atoms with Crippen LogP contribution in [0.5, 0.6) is 0 Å². The summed E-state index contributed by atoms with van der Waals surface area (Å²) in [7, 11) is 0. The number of amides is 1. The van der Waals surface area contributed by atoms with Gasteiger partial charge in [0.2, 0.25) is 11.8 Å². The van der Waals surface area contributed by atoms with Gasteiger partial charge in [0, 0.05) is 6.42 Å². The van der Waals surface area contributed by atoms with Gasteiger partial charge < -0.3 is 9.73 Å². The summed E-state index contributed by atoms with van der Waals surface area (Å²) in [4.78, 5) is 12.8. The number of thioether (sulfide) groups is 1. The molecule has 164 valence electrons. The minimum Gasteiger partial charge on any atom is -0.416 e. The highest BCUT2D eigenvalue weighted by molar-refractivity contribution is 8.00. The molecule has 0 bridgehead atoms. The van der Waals surface area contributed by atoms with Gasteiger partial charge in [-0.1, -0.05) is 91.5 Å². The lowest BCUT2D eigenvalue weighted by atomic mass is 9.98. The molecule has 4 rings (SSSR count). The molecule has 6 heteroatoms. The van der Waals surface area contributed by atoms with Crippen LogP contribution in [0.15, 0.2) is 82.4 Å². The Balaban J connectivity index is 1.36. The highest BCUT2D eigenvalue weighted by Crippen LogP contribution is 2.27. The summed E-state index contributed by atoms with van der Waals surface area (Å²) in [5.41, 5.74) is 2.33. The number of hydrogen-bond acceptors (Lipinski definition) is 5. The van der Waals surface area contributed by atoms with Gasteiger partial charge in [0.05, 0.1) is 11.3 Å². The maximum atomic E-state index is 12.8. The van der Waals surface area contributed by atoms with Crippen LogP contribution < -0.4 is 5.32 Å². The average Bonchev–Trinajstić information content (AvgIpc) is 3.25. The van der Waals surface area contributed by atoms with Gasteiger partial charge in [-0.15, -0.1) is 10.2 Å². The minimum absolute atomic E-state index is 0.0622. The molecule has 0 saturated heterocycles. The van der Waals surface area contributed by atoms with Crippen LogP contribution in [0.4, 0.5) is 0 Å². The van der Waals surface area contributed by atoms with Crippen LogP contribution in [0.2, 0.25) is 0 Å². The fraction of sp³-hybridized carbons (Fsp3) is 0.269. The third-order valence-electron chi connectivity index (χ3n) is 5.59. The first-order chi connectivity index (χ1) is 15.5. The third kappa shape index (κ3) is 5.19. The van der Waals surface area contributed by atoms with E-state index < -0.39 is 0 Å². The number of hydrogen-bond donors (Lipinski definition) is 1. The minimum atomic E-state index is -0.354. The molecule has 3 unspecified atom stereocenters. The zero-order valence-electron chi connectivity index (χ0n) is 18.5. The van der Waals surface area contributed by atoms with Gasteiger partial charge in [-0.25, -0.2) is 0 Å². The summed E-state index contributed by atoms with van der Waals surface area (Å²) < 4.78 is 5.80. The molecule has 0 saturated carbocycles. The molecule has 0 radical (unpaired) electrons. The molecule has 5 nitrogen and oxygen atoms in total. The standard InChI is InChI=1S/C26H27N3O2S/c1-17(20-10-5-4-6-11-20)16-24-28-29-26(31-24)32-19(3)25(30)27-18(2)22-15-9-13-21-12-7-8-14-23(21)22/h4-15,17-19H,16H2,1-3H3,(H,27,30). The first-order valence-electron chi connectivity index (χ1n) is 10.8. The van der Waals surface area contributed by atoms with E-state index in [-0.39, 0.29) is 23.1 Å². The summed E-state index contributed by atoms with van der Waals surface area (Å²) in [5, 5.41) is 13.8. The molecule has 0 fully saturated rings. The predicted octanol–water partition coefficient (Wildman–Crippen LogP) is 5.93. The van der Waals surface area contributed by atoms with E-state index in [9.17, 15) is 4.79 Å². The van der Waals surface area contributed by atoms with E-state index in [1.54, 1.807) is 0 Å². The highest BCUT2D eigenvalue weighted by atomic mass is 32.2. The summed E-state index contributed by atoms with van der Waals surface area (Å²) in [6, 6.07) is 24.5. The van der Waals surface area contributed by atoms with Crippen molar-refractivity contribution in [2.45, 2.75) is 49.6 Å². The summed E-state index contributed by atoms with van der Waals surface area (Å²) >= 11 is 1.28. The number of nitrogens with zero attached hydrogens (tertiary/aromatic N) is 2.